The summed E-state index contributed by atoms with van der Waals surface area (Å²) >= 11 is 0. The molecule has 4 heteroatoms. The molecule has 1 aliphatic rings. The molecule has 14 heavy (non-hydrogen) atoms. The molecule has 0 bridgehead atoms. The lowest BCUT2D eigenvalue weighted by Gasteiger charge is -2.37. The molecule has 1 N–H and O–H groups in total. The zero-order chi connectivity index (χ0) is 10.4. The van der Waals surface area contributed by atoms with Crippen molar-refractivity contribution < 1.29 is 9.84 Å². The molecule has 1 atom stereocenters. The third kappa shape index (κ3) is 3.92. The molecule has 0 aromatic rings. The maximum atomic E-state index is 8.53. The highest BCUT2D eigenvalue weighted by atomic mass is 16.5. The molecule has 84 valence electrons. The van der Waals surface area contributed by atoms with E-state index in [0.717, 1.165) is 32.8 Å². The first-order chi connectivity index (χ1) is 6.74. The van der Waals surface area contributed by atoms with E-state index in [4.69, 9.17) is 9.84 Å². The average molecular weight is 202 g/mol. The van der Waals surface area contributed by atoms with Gasteiger partial charge in [-0.3, -0.25) is 4.90 Å². The van der Waals surface area contributed by atoms with Crippen LogP contribution in [0.15, 0.2) is 0 Å². The molecule has 1 fully saturated rings. The third-order valence-electron chi connectivity index (χ3n) is 2.83. The molecule has 0 spiro atoms. The molecule has 1 rings (SSSR count). The van der Waals surface area contributed by atoms with Gasteiger partial charge in [0.1, 0.15) is 0 Å². The van der Waals surface area contributed by atoms with E-state index < -0.39 is 0 Å². The minimum Gasteiger partial charge on any atom is -0.394 e. The number of nitrogens with zero attached hydrogens (tertiary/aromatic N) is 2. The minimum absolute atomic E-state index is 0.124. The third-order valence-corrected chi connectivity index (χ3v) is 2.83. The Balaban J connectivity index is 2.07. The van der Waals surface area contributed by atoms with Crippen LogP contribution >= 0.6 is 0 Å². The van der Waals surface area contributed by atoms with Gasteiger partial charge in [-0.1, -0.05) is 0 Å². The first-order valence-corrected chi connectivity index (χ1v) is 5.35. The van der Waals surface area contributed by atoms with Gasteiger partial charge < -0.3 is 14.7 Å². The lowest BCUT2D eigenvalue weighted by Crippen LogP contribution is -2.50. The summed E-state index contributed by atoms with van der Waals surface area (Å²) in [6.45, 7) is 7.95. The average Bonchev–Trinajstić information content (AvgIpc) is 2.18. The topological polar surface area (TPSA) is 35.9 Å². The minimum atomic E-state index is 0.124. The van der Waals surface area contributed by atoms with Crippen LogP contribution in [-0.4, -0.2) is 74.0 Å². The van der Waals surface area contributed by atoms with Crippen molar-refractivity contribution in [3.05, 3.63) is 0 Å². The summed E-state index contributed by atoms with van der Waals surface area (Å²) in [6, 6.07) is 0.640. The second kappa shape index (κ2) is 6.35. The highest BCUT2D eigenvalue weighted by Gasteiger charge is 2.19. The van der Waals surface area contributed by atoms with Crippen LogP contribution in [0.4, 0.5) is 0 Å². The highest BCUT2D eigenvalue weighted by Crippen LogP contribution is 2.05. The number of ether oxygens (including phenoxy) is 1. The zero-order valence-electron chi connectivity index (χ0n) is 9.28. The molecule has 4 nitrogen and oxygen atoms in total. The van der Waals surface area contributed by atoms with Crippen molar-refractivity contribution in [1.82, 2.24) is 9.80 Å². The van der Waals surface area contributed by atoms with Gasteiger partial charge in [-0.2, -0.15) is 0 Å². The lowest BCUT2D eigenvalue weighted by molar-refractivity contribution is 0.0485. The number of rotatable bonds is 5. The van der Waals surface area contributed by atoms with E-state index in [2.05, 4.69) is 23.8 Å². The smallest absolute Gasteiger partial charge is 0.0698 e. The Morgan fingerprint density at radius 2 is 2.14 bits per heavy atom. The van der Waals surface area contributed by atoms with Gasteiger partial charge in [0.15, 0.2) is 0 Å². The van der Waals surface area contributed by atoms with E-state index in [1.165, 1.54) is 0 Å². The zero-order valence-corrected chi connectivity index (χ0v) is 9.28. The van der Waals surface area contributed by atoms with E-state index in [-0.39, 0.29) is 6.61 Å². The summed E-state index contributed by atoms with van der Waals surface area (Å²) in [5.41, 5.74) is 0. The molecule has 0 aliphatic carbocycles. The van der Waals surface area contributed by atoms with Crippen molar-refractivity contribution >= 4 is 0 Å². The summed E-state index contributed by atoms with van der Waals surface area (Å²) in [5.74, 6) is 0. The van der Waals surface area contributed by atoms with Crippen molar-refractivity contribution in [3.63, 3.8) is 0 Å². The maximum Gasteiger partial charge on any atom is 0.0698 e. The molecule has 0 aromatic heterocycles. The van der Waals surface area contributed by atoms with Gasteiger partial charge >= 0.3 is 0 Å². The fourth-order valence-electron chi connectivity index (χ4n) is 1.69. The Hall–Kier alpha value is -0.160. The van der Waals surface area contributed by atoms with Gasteiger partial charge in [-0.05, 0) is 14.0 Å². The maximum absolute atomic E-state index is 8.53. The van der Waals surface area contributed by atoms with Crippen LogP contribution in [-0.2, 0) is 4.74 Å². The Morgan fingerprint density at radius 3 is 2.79 bits per heavy atom. The van der Waals surface area contributed by atoms with E-state index >= 15 is 0 Å². The first kappa shape index (κ1) is 11.9. The molecule has 0 saturated carbocycles. The van der Waals surface area contributed by atoms with Crippen molar-refractivity contribution in [2.45, 2.75) is 13.0 Å². The van der Waals surface area contributed by atoms with E-state index in [1.54, 1.807) is 0 Å². The largest absolute Gasteiger partial charge is 0.394 e. The number of hydrogen-bond donors (Lipinski definition) is 1. The highest BCUT2D eigenvalue weighted by molar-refractivity contribution is 4.76. The summed E-state index contributed by atoms with van der Waals surface area (Å²) < 4.78 is 5.24. The lowest BCUT2D eigenvalue weighted by atomic mass is 10.2. The molecule has 1 unspecified atom stereocenters. The normalized spacial score (nSPS) is 25.5. The van der Waals surface area contributed by atoms with Crippen molar-refractivity contribution in [2.75, 3.05) is 53.0 Å². The van der Waals surface area contributed by atoms with Crippen molar-refractivity contribution in [1.29, 1.82) is 0 Å². The Labute approximate surface area is 86.4 Å². The molecule has 1 heterocycles. The number of likely N-dealkylation sites (N-methyl/N-ethyl adjacent to an activating group) is 1. The predicted octanol–water partition coefficient (Wildman–Crippen LogP) is -0.369. The van der Waals surface area contributed by atoms with Crippen LogP contribution in [0.1, 0.15) is 6.92 Å². The molecular weight excluding hydrogens is 180 g/mol. The number of piperazine rings is 1. The SMILES string of the molecule is CC1CN(CCOCCO)CCN1C. The van der Waals surface area contributed by atoms with Crippen LogP contribution in [0, 0.1) is 0 Å². The van der Waals surface area contributed by atoms with Gasteiger partial charge in [0.2, 0.25) is 0 Å². The molecule has 0 amide bonds. The van der Waals surface area contributed by atoms with Crippen LogP contribution in [0.2, 0.25) is 0 Å². The molecule has 1 saturated heterocycles. The second-order valence-corrected chi connectivity index (χ2v) is 3.97. The quantitative estimate of drug-likeness (QED) is 0.617. The fourth-order valence-corrected chi connectivity index (χ4v) is 1.69. The number of aliphatic hydroxyl groups excluding tert-OH is 1. The molecule has 0 radical (unpaired) electrons. The van der Waals surface area contributed by atoms with E-state index in [0.29, 0.717) is 12.6 Å². The van der Waals surface area contributed by atoms with Gasteiger partial charge in [-0.15, -0.1) is 0 Å². The summed E-state index contributed by atoms with van der Waals surface area (Å²) in [4.78, 5) is 4.80. The summed E-state index contributed by atoms with van der Waals surface area (Å²) in [6.07, 6.45) is 0. The monoisotopic (exact) mass is 202 g/mol. The predicted molar refractivity (Wildman–Crippen MR) is 56.4 cm³/mol. The first-order valence-electron chi connectivity index (χ1n) is 5.35. The molecule has 1 aliphatic heterocycles. The van der Waals surface area contributed by atoms with Gasteiger partial charge in [-0.25, -0.2) is 0 Å². The summed E-state index contributed by atoms with van der Waals surface area (Å²) in [7, 11) is 2.17. The number of aliphatic hydroxyl groups is 1. The van der Waals surface area contributed by atoms with Gasteiger partial charge in [0, 0.05) is 32.2 Å². The summed E-state index contributed by atoms with van der Waals surface area (Å²) in [5, 5.41) is 8.53. The van der Waals surface area contributed by atoms with Crippen LogP contribution in [0.3, 0.4) is 0 Å². The standard InChI is InChI=1S/C10H22N2O2/c1-10-9-12(4-3-11(10)2)5-7-14-8-6-13/h10,13H,3-9H2,1-2H3. The second-order valence-electron chi connectivity index (χ2n) is 3.97. The number of hydrogen-bond acceptors (Lipinski definition) is 4. The van der Waals surface area contributed by atoms with Crippen LogP contribution in [0.5, 0.6) is 0 Å². The van der Waals surface area contributed by atoms with Crippen LogP contribution < -0.4 is 0 Å². The van der Waals surface area contributed by atoms with Crippen LogP contribution in [0.25, 0.3) is 0 Å². The van der Waals surface area contributed by atoms with Gasteiger partial charge in [0.05, 0.1) is 19.8 Å². The van der Waals surface area contributed by atoms with Gasteiger partial charge in [0.25, 0.3) is 0 Å². The van der Waals surface area contributed by atoms with E-state index in [1.807, 2.05) is 0 Å². The Bertz CT molecular complexity index is 155. The van der Waals surface area contributed by atoms with Crippen molar-refractivity contribution in [3.8, 4) is 0 Å². The molecule has 0 aromatic carbocycles. The van der Waals surface area contributed by atoms with Crippen molar-refractivity contribution in [2.24, 2.45) is 0 Å². The molecular formula is C10H22N2O2. The fraction of sp³-hybridized carbons (Fsp3) is 1.00. The Morgan fingerprint density at radius 1 is 1.36 bits per heavy atom. The van der Waals surface area contributed by atoms with E-state index in [9.17, 15) is 0 Å². The Kier molecular flexibility index (Phi) is 5.40.